The average molecular weight is 426 g/mol. The number of carbonyl (C=O) groups is 1. The molecule has 1 aliphatic rings. The Bertz CT molecular complexity index is 864. The zero-order valence-electron chi connectivity index (χ0n) is 18.3. The quantitative estimate of drug-likeness (QED) is 0.474. The summed E-state index contributed by atoms with van der Waals surface area (Å²) in [6, 6.07) is 11.2. The number of rotatable bonds is 9. The zero-order chi connectivity index (χ0) is 21.9. The fourth-order valence-corrected chi connectivity index (χ4v) is 3.24. The molecule has 1 fully saturated rings. The van der Waals surface area contributed by atoms with Crippen molar-refractivity contribution in [2.75, 3.05) is 32.8 Å². The molecule has 0 radical (unpaired) electrons. The van der Waals surface area contributed by atoms with Gasteiger partial charge in [-0.15, -0.1) is 0 Å². The largest absolute Gasteiger partial charge is 0.490 e. The van der Waals surface area contributed by atoms with Gasteiger partial charge in [-0.3, -0.25) is 4.79 Å². The van der Waals surface area contributed by atoms with Crippen LogP contribution < -0.4 is 20.1 Å². The Labute approximate surface area is 183 Å². The second-order valence-corrected chi connectivity index (χ2v) is 7.12. The number of para-hydroxylation sites is 2. The van der Waals surface area contributed by atoms with Crippen LogP contribution >= 0.6 is 0 Å². The Morgan fingerprint density at radius 1 is 1.10 bits per heavy atom. The molecule has 2 heterocycles. The van der Waals surface area contributed by atoms with Gasteiger partial charge in [0, 0.05) is 31.9 Å². The van der Waals surface area contributed by atoms with Crippen molar-refractivity contribution in [3.63, 3.8) is 0 Å². The first-order chi connectivity index (χ1) is 15.2. The average Bonchev–Trinajstić information content (AvgIpc) is 3.33. The minimum atomic E-state index is 0.110. The van der Waals surface area contributed by atoms with Gasteiger partial charge in [0.05, 0.1) is 19.7 Å². The standard InChI is InChI=1S/C23H31N5O3/c1-3-24-23(27-17-22(29)28-13-7-8-14-28)26-16-18-11-12-21(25-15-18)31-20-10-6-5-9-19(20)30-4-2/h5-6,9-12,15H,3-4,7-8,13-14,16-17H2,1-2H3,(H2,24,26,27). The van der Waals surface area contributed by atoms with E-state index in [-0.39, 0.29) is 12.5 Å². The van der Waals surface area contributed by atoms with Crippen LogP contribution in [0.1, 0.15) is 32.3 Å². The lowest BCUT2D eigenvalue weighted by atomic mass is 10.3. The van der Waals surface area contributed by atoms with Gasteiger partial charge in [-0.2, -0.15) is 0 Å². The molecule has 3 rings (SSSR count). The molecule has 2 aromatic rings. The summed E-state index contributed by atoms with van der Waals surface area (Å²) < 4.78 is 11.4. The maximum atomic E-state index is 12.2. The number of guanidine groups is 1. The van der Waals surface area contributed by atoms with Gasteiger partial charge >= 0.3 is 0 Å². The van der Waals surface area contributed by atoms with Crippen LogP contribution in [0.4, 0.5) is 0 Å². The van der Waals surface area contributed by atoms with Crippen molar-refractivity contribution in [3.05, 3.63) is 48.2 Å². The van der Waals surface area contributed by atoms with E-state index in [4.69, 9.17) is 9.47 Å². The van der Waals surface area contributed by atoms with Crippen LogP contribution in [-0.4, -0.2) is 54.5 Å². The molecule has 166 valence electrons. The Hall–Kier alpha value is -3.29. The van der Waals surface area contributed by atoms with Gasteiger partial charge in [-0.25, -0.2) is 9.98 Å². The number of ether oxygens (including phenoxy) is 2. The highest BCUT2D eigenvalue weighted by Gasteiger charge is 2.17. The van der Waals surface area contributed by atoms with Crippen LogP contribution in [-0.2, 0) is 11.3 Å². The van der Waals surface area contributed by atoms with E-state index in [9.17, 15) is 4.79 Å². The van der Waals surface area contributed by atoms with E-state index in [1.54, 1.807) is 6.20 Å². The van der Waals surface area contributed by atoms with Gasteiger partial charge in [0.2, 0.25) is 11.8 Å². The number of hydrogen-bond acceptors (Lipinski definition) is 5. The summed E-state index contributed by atoms with van der Waals surface area (Å²) in [6.45, 7) is 7.60. The third kappa shape index (κ3) is 6.87. The molecule has 1 aromatic carbocycles. The molecule has 8 heteroatoms. The number of pyridine rings is 1. The molecule has 2 N–H and O–H groups in total. The predicted octanol–water partition coefficient (Wildman–Crippen LogP) is 2.95. The molecule has 0 bridgehead atoms. The molecule has 0 atom stereocenters. The third-order valence-electron chi connectivity index (χ3n) is 4.79. The smallest absolute Gasteiger partial charge is 0.241 e. The van der Waals surface area contributed by atoms with Gasteiger partial charge in [-0.1, -0.05) is 18.2 Å². The Balaban J connectivity index is 1.55. The van der Waals surface area contributed by atoms with E-state index < -0.39 is 0 Å². The van der Waals surface area contributed by atoms with Gasteiger partial charge in [-0.05, 0) is 44.4 Å². The van der Waals surface area contributed by atoms with Crippen molar-refractivity contribution < 1.29 is 14.3 Å². The SMILES string of the molecule is CCNC(=NCc1ccc(Oc2ccccc2OCC)nc1)NCC(=O)N1CCCC1. The zero-order valence-corrected chi connectivity index (χ0v) is 18.3. The normalized spacial score (nSPS) is 13.7. The summed E-state index contributed by atoms with van der Waals surface area (Å²) in [5.74, 6) is 2.52. The second kappa shape index (κ2) is 11.8. The highest BCUT2D eigenvalue weighted by Crippen LogP contribution is 2.30. The lowest BCUT2D eigenvalue weighted by Gasteiger charge is -2.17. The first-order valence-corrected chi connectivity index (χ1v) is 10.8. The molecule has 1 amide bonds. The van der Waals surface area contributed by atoms with Crippen molar-refractivity contribution in [2.24, 2.45) is 4.99 Å². The summed E-state index contributed by atoms with van der Waals surface area (Å²) in [4.78, 5) is 23.1. The van der Waals surface area contributed by atoms with Crippen LogP contribution in [0, 0.1) is 0 Å². The van der Waals surface area contributed by atoms with Crippen LogP contribution in [0.5, 0.6) is 17.4 Å². The Morgan fingerprint density at radius 2 is 1.87 bits per heavy atom. The number of aliphatic imine (C=N–C) groups is 1. The van der Waals surface area contributed by atoms with Crippen molar-refractivity contribution in [2.45, 2.75) is 33.2 Å². The summed E-state index contributed by atoms with van der Waals surface area (Å²) in [5, 5.41) is 6.29. The number of nitrogens with one attached hydrogen (secondary N) is 2. The van der Waals surface area contributed by atoms with Crippen LogP contribution in [0.2, 0.25) is 0 Å². The van der Waals surface area contributed by atoms with E-state index in [2.05, 4.69) is 20.6 Å². The molecule has 31 heavy (non-hydrogen) atoms. The van der Waals surface area contributed by atoms with Crippen molar-refractivity contribution in [1.82, 2.24) is 20.5 Å². The summed E-state index contributed by atoms with van der Waals surface area (Å²) >= 11 is 0. The second-order valence-electron chi connectivity index (χ2n) is 7.12. The van der Waals surface area contributed by atoms with Crippen molar-refractivity contribution >= 4 is 11.9 Å². The highest BCUT2D eigenvalue weighted by molar-refractivity contribution is 5.86. The molecule has 1 aliphatic heterocycles. The van der Waals surface area contributed by atoms with E-state index in [0.29, 0.717) is 43.0 Å². The van der Waals surface area contributed by atoms with E-state index >= 15 is 0 Å². The van der Waals surface area contributed by atoms with Gasteiger partial charge in [0.1, 0.15) is 0 Å². The maximum Gasteiger partial charge on any atom is 0.241 e. The molecular weight excluding hydrogens is 394 g/mol. The Kier molecular flexibility index (Phi) is 8.51. The number of carbonyl (C=O) groups excluding carboxylic acids is 1. The summed E-state index contributed by atoms with van der Waals surface area (Å²) in [7, 11) is 0. The van der Waals surface area contributed by atoms with Gasteiger partial charge < -0.3 is 25.0 Å². The predicted molar refractivity (Wildman–Crippen MR) is 121 cm³/mol. The van der Waals surface area contributed by atoms with Gasteiger partial charge in [0.25, 0.3) is 0 Å². The molecule has 0 aliphatic carbocycles. The number of likely N-dealkylation sites (tertiary alicyclic amines) is 1. The lowest BCUT2D eigenvalue weighted by molar-refractivity contribution is -0.128. The highest BCUT2D eigenvalue weighted by atomic mass is 16.5. The molecule has 1 saturated heterocycles. The minimum Gasteiger partial charge on any atom is -0.490 e. The van der Waals surface area contributed by atoms with Crippen LogP contribution in [0.25, 0.3) is 0 Å². The minimum absolute atomic E-state index is 0.110. The molecule has 0 unspecified atom stereocenters. The van der Waals surface area contributed by atoms with Crippen LogP contribution in [0.3, 0.4) is 0 Å². The number of benzene rings is 1. The summed E-state index contributed by atoms with van der Waals surface area (Å²) in [6.07, 6.45) is 3.91. The number of nitrogens with zero attached hydrogens (tertiary/aromatic N) is 3. The number of aromatic nitrogens is 1. The third-order valence-corrected chi connectivity index (χ3v) is 4.79. The molecule has 8 nitrogen and oxygen atoms in total. The summed E-state index contributed by atoms with van der Waals surface area (Å²) in [5.41, 5.74) is 0.938. The number of hydrogen-bond donors (Lipinski definition) is 2. The van der Waals surface area contributed by atoms with E-state index in [0.717, 1.165) is 31.5 Å². The fourth-order valence-electron chi connectivity index (χ4n) is 3.24. The molecular formula is C23H31N5O3. The molecule has 1 aromatic heterocycles. The topological polar surface area (TPSA) is 88.1 Å². The molecule has 0 spiro atoms. The monoisotopic (exact) mass is 425 g/mol. The lowest BCUT2D eigenvalue weighted by Crippen LogP contribution is -2.44. The molecule has 0 saturated carbocycles. The number of amides is 1. The first kappa shape index (κ1) is 22.4. The van der Waals surface area contributed by atoms with Crippen molar-refractivity contribution in [3.8, 4) is 17.4 Å². The fraction of sp³-hybridized carbons (Fsp3) is 0.435. The van der Waals surface area contributed by atoms with Crippen molar-refractivity contribution in [1.29, 1.82) is 0 Å². The van der Waals surface area contributed by atoms with E-state index in [1.165, 1.54) is 0 Å². The van der Waals surface area contributed by atoms with Crippen LogP contribution in [0.15, 0.2) is 47.6 Å². The maximum absolute atomic E-state index is 12.2. The first-order valence-electron chi connectivity index (χ1n) is 10.8. The van der Waals surface area contributed by atoms with Gasteiger partial charge in [0.15, 0.2) is 17.5 Å². The van der Waals surface area contributed by atoms with E-state index in [1.807, 2.05) is 55.1 Å². The Morgan fingerprint density at radius 3 is 2.55 bits per heavy atom.